The standard InChI is InChI=1S/C19H24Cl2N4O/c1-11(2)24-7-5-12(6-8-24)19-23-22-16-9-13(10-25(16)19)17-15(26)4-3-14(20)18(17)21/h3-4,11-13,26H,5-10H2,1-2H3/t13-/m1/s1. The summed E-state index contributed by atoms with van der Waals surface area (Å²) in [7, 11) is 0. The Morgan fingerprint density at radius 3 is 2.54 bits per heavy atom. The smallest absolute Gasteiger partial charge is 0.136 e. The molecule has 1 saturated heterocycles. The summed E-state index contributed by atoms with van der Waals surface area (Å²) in [5.74, 6) is 2.81. The predicted octanol–water partition coefficient (Wildman–Crippen LogP) is 4.22. The van der Waals surface area contributed by atoms with E-state index < -0.39 is 0 Å². The van der Waals surface area contributed by atoms with Crippen LogP contribution >= 0.6 is 23.2 Å². The molecule has 7 heteroatoms. The molecular formula is C19H24Cl2N4O. The first kappa shape index (κ1) is 18.1. The summed E-state index contributed by atoms with van der Waals surface area (Å²) in [4.78, 5) is 2.52. The first-order valence-electron chi connectivity index (χ1n) is 9.28. The van der Waals surface area contributed by atoms with Gasteiger partial charge >= 0.3 is 0 Å². The molecule has 0 amide bonds. The number of likely N-dealkylation sites (tertiary alicyclic amines) is 1. The first-order chi connectivity index (χ1) is 12.5. The van der Waals surface area contributed by atoms with E-state index in [1.165, 1.54) is 0 Å². The summed E-state index contributed by atoms with van der Waals surface area (Å²) in [6, 6.07) is 3.84. The minimum atomic E-state index is 0.0844. The van der Waals surface area contributed by atoms with Gasteiger partial charge in [-0.2, -0.15) is 0 Å². The first-order valence-corrected chi connectivity index (χ1v) is 10.0. The van der Waals surface area contributed by atoms with Gasteiger partial charge in [0.25, 0.3) is 0 Å². The van der Waals surface area contributed by atoms with E-state index in [9.17, 15) is 5.11 Å². The van der Waals surface area contributed by atoms with Crippen molar-refractivity contribution < 1.29 is 5.11 Å². The number of phenolic OH excluding ortho intramolecular Hbond substituents is 1. The normalized spacial score (nSPS) is 21.5. The van der Waals surface area contributed by atoms with Gasteiger partial charge in [-0.05, 0) is 51.9 Å². The largest absolute Gasteiger partial charge is 0.508 e. The Hall–Kier alpha value is -1.30. The number of fused-ring (bicyclic) bond motifs is 1. The van der Waals surface area contributed by atoms with E-state index in [1.807, 2.05) is 0 Å². The molecule has 0 spiro atoms. The third-order valence-corrected chi connectivity index (χ3v) is 6.65. The number of benzene rings is 1. The summed E-state index contributed by atoms with van der Waals surface area (Å²) in [6.45, 7) is 7.46. The molecule has 2 aromatic rings. The molecule has 3 heterocycles. The number of aromatic nitrogens is 3. The van der Waals surface area contributed by atoms with Gasteiger partial charge in [0.1, 0.15) is 17.4 Å². The predicted molar refractivity (Wildman–Crippen MR) is 103 cm³/mol. The highest BCUT2D eigenvalue weighted by molar-refractivity contribution is 6.42. The number of nitrogens with zero attached hydrogens (tertiary/aromatic N) is 4. The Bertz CT molecular complexity index is 812. The van der Waals surface area contributed by atoms with Crippen molar-refractivity contribution in [1.82, 2.24) is 19.7 Å². The summed E-state index contributed by atoms with van der Waals surface area (Å²) < 4.78 is 2.23. The number of piperidine rings is 1. The van der Waals surface area contributed by atoms with Crippen molar-refractivity contribution in [3.05, 3.63) is 39.4 Å². The third-order valence-electron chi connectivity index (χ3n) is 5.83. The number of hydrogen-bond donors (Lipinski definition) is 1. The van der Waals surface area contributed by atoms with Crippen LogP contribution in [0.3, 0.4) is 0 Å². The van der Waals surface area contributed by atoms with E-state index in [-0.39, 0.29) is 11.7 Å². The molecule has 0 radical (unpaired) electrons. The van der Waals surface area contributed by atoms with Crippen LogP contribution in [-0.4, -0.2) is 43.9 Å². The van der Waals surface area contributed by atoms with Crippen LogP contribution in [0.25, 0.3) is 0 Å². The summed E-state index contributed by atoms with van der Waals surface area (Å²) >= 11 is 12.5. The third kappa shape index (κ3) is 3.10. The lowest BCUT2D eigenvalue weighted by Crippen LogP contribution is -2.38. The molecule has 5 nitrogen and oxygen atoms in total. The minimum Gasteiger partial charge on any atom is -0.508 e. The average molecular weight is 395 g/mol. The van der Waals surface area contributed by atoms with Crippen molar-refractivity contribution in [3.8, 4) is 5.75 Å². The van der Waals surface area contributed by atoms with Crippen LogP contribution in [-0.2, 0) is 13.0 Å². The Balaban J connectivity index is 1.54. The lowest BCUT2D eigenvalue weighted by molar-refractivity contribution is 0.168. The number of phenols is 1. The molecule has 140 valence electrons. The maximum atomic E-state index is 10.3. The van der Waals surface area contributed by atoms with Gasteiger partial charge in [-0.15, -0.1) is 10.2 Å². The molecule has 26 heavy (non-hydrogen) atoms. The van der Waals surface area contributed by atoms with Gasteiger partial charge in [0.2, 0.25) is 0 Å². The molecule has 2 aliphatic rings. The molecule has 2 aliphatic heterocycles. The Morgan fingerprint density at radius 1 is 1.12 bits per heavy atom. The fourth-order valence-corrected chi connectivity index (χ4v) is 4.80. The van der Waals surface area contributed by atoms with Gasteiger partial charge in [0.15, 0.2) is 0 Å². The quantitative estimate of drug-likeness (QED) is 0.846. The molecule has 0 aliphatic carbocycles. The van der Waals surface area contributed by atoms with E-state index in [2.05, 4.69) is 33.5 Å². The average Bonchev–Trinajstić information content (AvgIpc) is 3.19. The lowest BCUT2D eigenvalue weighted by atomic mass is 9.94. The number of halogens is 2. The highest BCUT2D eigenvalue weighted by Gasteiger charge is 2.34. The fourth-order valence-electron chi connectivity index (χ4n) is 4.32. The monoisotopic (exact) mass is 394 g/mol. The highest BCUT2D eigenvalue weighted by atomic mass is 35.5. The van der Waals surface area contributed by atoms with Crippen LogP contribution in [0.1, 0.15) is 55.7 Å². The van der Waals surface area contributed by atoms with Gasteiger partial charge in [-0.25, -0.2) is 0 Å². The Morgan fingerprint density at radius 2 is 1.85 bits per heavy atom. The molecule has 1 N–H and O–H groups in total. The second kappa shape index (κ2) is 7.02. The molecular weight excluding hydrogens is 371 g/mol. The SMILES string of the molecule is CC(C)N1CCC(c2nnc3n2C[C@H](c2c(O)ccc(Cl)c2Cl)C3)CC1. The fraction of sp³-hybridized carbons (Fsp3) is 0.579. The number of rotatable bonds is 3. The van der Waals surface area contributed by atoms with E-state index in [4.69, 9.17) is 23.2 Å². The van der Waals surface area contributed by atoms with E-state index in [0.717, 1.165) is 56.1 Å². The van der Waals surface area contributed by atoms with Gasteiger partial charge < -0.3 is 14.6 Å². The number of aromatic hydroxyl groups is 1. The molecule has 4 rings (SSSR count). The van der Waals surface area contributed by atoms with Crippen LogP contribution in [0.15, 0.2) is 12.1 Å². The van der Waals surface area contributed by atoms with Crippen molar-refractivity contribution in [3.63, 3.8) is 0 Å². The molecule has 1 aromatic carbocycles. The van der Waals surface area contributed by atoms with Crippen molar-refractivity contribution in [2.45, 2.75) is 57.5 Å². The topological polar surface area (TPSA) is 54.2 Å². The molecule has 1 aromatic heterocycles. The van der Waals surface area contributed by atoms with Crippen LogP contribution in [0.4, 0.5) is 0 Å². The van der Waals surface area contributed by atoms with Gasteiger partial charge in [-0.3, -0.25) is 0 Å². The van der Waals surface area contributed by atoms with E-state index >= 15 is 0 Å². The van der Waals surface area contributed by atoms with Crippen molar-refractivity contribution in [1.29, 1.82) is 0 Å². The summed E-state index contributed by atoms with van der Waals surface area (Å²) in [5, 5.41) is 20.1. The zero-order valence-electron chi connectivity index (χ0n) is 15.1. The van der Waals surface area contributed by atoms with Gasteiger partial charge in [0.05, 0.1) is 10.0 Å². The van der Waals surface area contributed by atoms with Crippen LogP contribution in [0.5, 0.6) is 5.75 Å². The van der Waals surface area contributed by atoms with Crippen LogP contribution in [0.2, 0.25) is 10.0 Å². The van der Waals surface area contributed by atoms with Gasteiger partial charge in [0, 0.05) is 36.4 Å². The summed E-state index contributed by atoms with van der Waals surface area (Å²) in [5.41, 5.74) is 0.727. The molecule has 0 unspecified atom stereocenters. The van der Waals surface area contributed by atoms with E-state index in [0.29, 0.717) is 22.0 Å². The van der Waals surface area contributed by atoms with E-state index in [1.54, 1.807) is 12.1 Å². The Labute approximate surface area is 163 Å². The molecule has 0 saturated carbocycles. The second-order valence-electron chi connectivity index (χ2n) is 7.68. The van der Waals surface area contributed by atoms with Crippen molar-refractivity contribution >= 4 is 23.2 Å². The lowest BCUT2D eigenvalue weighted by Gasteiger charge is -2.34. The van der Waals surface area contributed by atoms with Crippen molar-refractivity contribution in [2.75, 3.05) is 13.1 Å². The highest BCUT2D eigenvalue weighted by Crippen LogP contribution is 2.42. The zero-order valence-corrected chi connectivity index (χ0v) is 16.6. The molecule has 0 bridgehead atoms. The maximum absolute atomic E-state index is 10.3. The second-order valence-corrected chi connectivity index (χ2v) is 8.47. The molecule has 1 atom stereocenters. The van der Waals surface area contributed by atoms with Crippen LogP contribution in [0, 0.1) is 0 Å². The maximum Gasteiger partial charge on any atom is 0.136 e. The summed E-state index contributed by atoms with van der Waals surface area (Å²) in [6.07, 6.45) is 2.96. The van der Waals surface area contributed by atoms with Crippen molar-refractivity contribution in [2.24, 2.45) is 0 Å². The zero-order chi connectivity index (χ0) is 18.4. The number of hydrogen-bond acceptors (Lipinski definition) is 4. The van der Waals surface area contributed by atoms with Gasteiger partial charge in [-0.1, -0.05) is 23.2 Å². The van der Waals surface area contributed by atoms with Crippen LogP contribution < -0.4 is 0 Å². The minimum absolute atomic E-state index is 0.0844. The Kier molecular flexibility index (Phi) is 4.88. The molecule has 1 fully saturated rings.